The van der Waals surface area contributed by atoms with Gasteiger partial charge in [0.1, 0.15) is 5.75 Å². The van der Waals surface area contributed by atoms with E-state index in [1.807, 2.05) is 12.1 Å². The molecule has 0 spiro atoms. The molecule has 0 aromatic heterocycles. The second kappa shape index (κ2) is 8.98. The zero-order valence-electron chi connectivity index (χ0n) is 12.9. The van der Waals surface area contributed by atoms with Crippen LogP contribution in [0.3, 0.4) is 0 Å². The van der Waals surface area contributed by atoms with Crippen LogP contribution in [-0.4, -0.2) is 19.7 Å². The summed E-state index contributed by atoms with van der Waals surface area (Å²) in [4.78, 5) is 0. The van der Waals surface area contributed by atoms with Crippen molar-refractivity contribution in [3.63, 3.8) is 0 Å². The minimum Gasteiger partial charge on any atom is -0.497 e. The molecule has 0 bridgehead atoms. The fraction of sp³-hybridized carbons (Fsp3) is 0.647. The van der Waals surface area contributed by atoms with Gasteiger partial charge in [0.2, 0.25) is 0 Å². The van der Waals surface area contributed by atoms with E-state index in [4.69, 9.17) is 4.74 Å². The average molecular weight is 263 g/mol. The Kier molecular flexibility index (Phi) is 7.57. The second-order valence-electron chi connectivity index (χ2n) is 5.78. The first-order valence-corrected chi connectivity index (χ1v) is 7.48. The van der Waals surface area contributed by atoms with Crippen LogP contribution in [0.4, 0.5) is 0 Å². The largest absolute Gasteiger partial charge is 0.497 e. The molecule has 0 radical (unpaired) electrons. The molecule has 2 nitrogen and oxygen atoms in total. The van der Waals surface area contributed by atoms with E-state index in [2.05, 4.69) is 38.2 Å². The summed E-state index contributed by atoms with van der Waals surface area (Å²) in [6, 6.07) is 8.97. The molecule has 108 valence electrons. The summed E-state index contributed by atoms with van der Waals surface area (Å²) in [5.41, 5.74) is 1.36. The summed E-state index contributed by atoms with van der Waals surface area (Å²) in [5, 5.41) is 3.60. The van der Waals surface area contributed by atoms with Crippen molar-refractivity contribution in [3.8, 4) is 5.75 Å². The smallest absolute Gasteiger partial charge is 0.118 e. The standard InChI is InChI=1S/C17H29NO/c1-14(2)6-5-7-15(3)18-13-12-16-8-10-17(19-4)11-9-16/h8-11,14-15,18H,5-7,12-13H2,1-4H3. The third-order valence-electron chi connectivity index (χ3n) is 3.48. The van der Waals surface area contributed by atoms with Crippen molar-refractivity contribution in [2.45, 2.75) is 52.5 Å². The molecule has 1 aromatic rings. The molecule has 0 saturated carbocycles. The molecule has 0 aliphatic carbocycles. The van der Waals surface area contributed by atoms with E-state index in [-0.39, 0.29) is 0 Å². The van der Waals surface area contributed by atoms with Gasteiger partial charge < -0.3 is 10.1 Å². The first kappa shape index (κ1) is 16.0. The van der Waals surface area contributed by atoms with Crippen LogP contribution >= 0.6 is 0 Å². The lowest BCUT2D eigenvalue weighted by atomic mass is 10.0. The molecule has 0 heterocycles. The Morgan fingerprint density at radius 3 is 2.32 bits per heavy atom. The fourth-order valence-corrected chi connectivity index (χ4v) is 2.19. The van der Waals surface area contributed by atoms with Gasteiger partial charge in [-0.15, -0.1) is 0 Å². The molecular formula is C17H29NO. The van der Waals surface area contributed by atoms with E-state index in [9.17, 15) is 0 Å². The van der Waals surface area contributed by atoms with Crippen molar-refractivity contribution < 1.29 is 4.74 Å². The van der Waals surface area contributed by atoms with Gasteiger partial charge in [0, 0.05) is 6.04 Å². The zero-order valence-corrected chi connectivity index (χ0v) is 12.9. The molecule has 1 atom stereocenters. The lowest BCUT2D eigenvalue weighted by Gasteiger charge is -2.14. The number of rotatable bonds is 9. The zero-order chi connectivity index (χ0) is 14.1. The van der Waals surface area contributed by atoms with Crippen molar-refractivity contribution >= 4 is 0 Å². The summed E-state index contributed by atoms with van der Waals surface area (Å²) < 4.78 is 5.16. The molecule has 1 rings (SSSR count). The highest BCUT2D eigenvalue weighted by atomic mass is 16.5. The average Bonchev–Trinajstić information content (AvgIpc) is 2.39. The van der Waals surface area contributed by atoms with Gasteiger partial charge in [-0.05, 0) is 49.9 Å². The van der Waals surface area contributed by atoms with Crippen LogP contribution in [0.5, 0.6) is 5.75 Å². The lowest BCUT2D eigenvalue weighted by Crippen LogP contribution is -2.28. The first-order chi connectivity index (χ1) is 9.11. The maximum absolute atomic E-state index is 5.16. The summed E-state index contributed by atoms with van der Waals surface area (Å²) in [6.45, 7) is 7.92. The Morgan fingerprint density at radius 2 is 1.74 bits per heavy atom. The van der Waals surface area contributed by atoms with Gasteiger partial charge in [0.15, 0.2) is 0 Å². The summed E-state index contributed by atoms with van der Waals surface area (Å²) >= 11 is 0. The predicted octanol–water partition coefficient (Wildman–Crippen LogP) is 4.04. The van der Waals surface area contributed by atoms with E-state index in [0.29, 0.717) is 6.04 Å². The molecule has 1 aromatic carbocycles. The molecule has 0 aliphatic rings. The Hall–Kier alpha value is -1.02. The molecule has 0 aliphatic heterocycles. The van der Waals surface area contributed by atoms with Crippen molar-refractivity contribution in [3.05, 3.63) is 29.8 Å². The quantitative estimate of drug-likeness (QED) is 0.726. The van der Waals surface area contributed by atoms with E-state index in [1.54, 1.807) is 7.11 Å². The normalized spacial score (nSPS) is 12.7. The van der Waals surface area contributed by atoms with Crippen molar-refractivity contribution in [2.75, 3.05) is 13.7 Å². The summed E-state index contributed by atoms with van der Waals surface area (Å²) in [5.74, 6) is 1.75. The third-order valence-corrected chi connectivity index (χ3v) is 3.48. The fourth-order valence-electron chi connectivity index (χ4n) is 2.19. The molecule has 1 N–H and O–H groups in total. The number of benzene rings is 1. The molecule has 19 heavy (non-hydrogen) atoms. The summed E-state index contributed by atoms with van der Waals surface area (Å²) in [7, 11) is 1.70. The minimum atomic E-state index is 0.622. The van der Waals surface area contributed by atoms with Crippen LogP contribution in [-0.2, 0) is 6.42 Å². The summed E-state index contributed by atoms with van der Waals surface area (Å²) in [6.07, 6.45) is 5.03. The maximum atomic E-state index is 5.16. The molecule has 2 heteroatoms. The highest BCUT2D eigenvalue weighted by Crippen LogP contribution is 2.12. The Balaban J connectivity index is 2.14. The second-order valence-corrected chi connectivity index (χ2v) is 5.78. The molecular weight excluding hydrogens is 234 g/mol. The van der Waals surface area contributed by atoms with Crippen LogP contribution in [0.1, 0.15) is 45.6 Å². The predicted molar refractivity (Wildman–Crippen MR) is 82.9 cm³/mol. The highest BCUT2D eigenvalue weighted by Gasteiger charge is 2.02. The van der Waals surface area contributed by atoms with Crippen LogP contribution in [0.15, 0.2) is 24.3 Å². The van der Waals surface area contributed by atoms with Gasteiger partial charge in [-0.25, -0.2) is 0 Å². The van der Waals surface area contributed by atoms with E-state index >= 15 is 0 Å². The Bertz CT molecular complexity index is 332. The molecule has 0 amide bonds. The van der Waals surface area contributed by atoms with Crippen LogP contribution in [0.2, 0.25) is 0 Å². The third kappa shape index (κ3) is 7.22. The topological polar surface area (TPSA) is 21.3 Å². The Labute approximate surface area is 118 Å². The number of ether oxygens (including phenoxy) is 1. The van der Waals surface area contributed by atoms with Gasteiger partial charge in [-0.3, -0.25) is 0 Å². The maximum Gasteiger partial charge on any atom is 0.118 e. The molecule has 0 saturated heterocycles. The molecule has 0 fully saturated rings. The monoisotopic (exact) mass is 263 g/mol. The SMILES string of the molecule is COc1ccc(CCNC(C)CCCC(C)C)cc1. The van der Waals surface area contributed by atoms with Gasteiger partial charge in [-0.1, -0.05) is 38.8 Å². The number of nitrogens with one attached hydrogen (secondary N) is 1. The number of hydrogen-bond acceptors (Lipinski definition) is 2. The minimum absolute atomic E-state index is 0.622. The van der Waals surface area contributed by atoms with Gasteiger partial charge in [0.25, 0.3) is 0 Å². The lowest BCUT2D eigenvalue weighted by molar-refractivity contribution is 0.414. The van der Waals surface area contributed by atoms with Crippen LogP contribution in [0, 0.1) is 5.92 Å². The van der Waals surface area contributed by atoms with Crippen molar-refractivity contribution in [1.29, 1.82) is 0 Å². The van der Waals surface area contributed by atoms with Gasteiger partial charge >= 0.3 is 0 Å². The van der Waals surface area contributed by atoms with Gasteiger partial charge in [0.05, 0.1) is 7.11 Å². The van der Waals surface area contributed by atoms with Crippen LogP contribution < -0.4 is 10.1 Å². The van der Waals surface area contributed by atoms with E-state index in [1.165, 1.54) is 24.8 Å². The van der Waals surface area contributed by atoms with Gasteiger partial charge in [-0.2, -0.15) is 0 Å². The number of methoxy groups -OCH3 is 1. The Morgan fingerprint density at radius 1 is 1.05 bits per heavy atom. The molecule has 1 unspecified atom stereocenters. The van der Waals surface area contributed by atoms with Crippen LogP contribution in [0.25, 0.3) is 0 Å². The van der Waals surface area contributed by atoms with E-state index in [0.717, 1.165) is 24.6 Å². The van der Waals surface area contributed by atoms with Crippen molar-refractivity contribution in [1.82, 2.24) is 5.32 Å². The highest BCUT2D eigenvalue weighted by molar-refractivity contribution is 5.27. The van der Waals surface area contributed by atoms with Crippen molar-refractivity contribution in [2.24, 2.45) is 5.92 Å². The number of hydrogen-bond donors (Lipinski definition) is 1. The van der Waals surface area contributed by atoms with E-state index < -0.39 is 0 Å². The first-order valence-electron chi connectivity index (χ1n) is 7.48.